The summed E-state index contributed by atoms with van der Waals surface area (Å²) in [5, 5.41) is 0. The fraction of sp³-hybridized carbons (Fsp3) is 1.00. The van der Waals surface area contributed by atoms with Crippen molar-refractivity contribution in [1.82, 2.24) is 0 Å². The second-order valence-corrected chi connectivity index (χ2v) is 7.63. The molecule has 0 aliphatic heterocycles. The number of hydrogen-bond donors (Lipinski definition) is 1. The Labute approximate surface area is 86.0 Å². The highest BCUT2D eigenvalue weighted by atomic mass is 32.2. The highest BCUT2D eigenvalue weighted by Crippen LogP contribution is 2.60. The molecular formula is C10H19NO2S. The minimum Gasteiger partial charge on any atom is -0.329 e. The van der Waals surface area contributed by atoms with Crippen molar-refractivity contribution in [3.63, 3.8) is 0 Å². The third-order valence-corrected chi connectivity index (χ3v) is 6.25. The first-order valence-electron chi connectivity index (χ1n) is 5.33. The number of rotatable bonds is 2. The van der Waals surface area contributed by atoms with Crippen LogP contribution in [0.2, 0.25) is 0 Å². The maximum Gasteiger partial charge on any atom is 0.154 e. The summed E-state index contributed by atoms with van der Waals surface area (Å²) in [6.45, 7) is 0.299. The van der Waals surface area contributed by atoms with Gasteiger partial charge in [-0.05, 0) is 31.1 Å². The van der Waals surface area contributed by atoms with Crippen molar-refractivity contribution >= 4 is 9.84 Å². The van der Waals surface area contributed by atoms with Crippen LogP contribution in [0, 0.1) is 5.41 Å². The van der Waals surface area contributed by atoms with E-state index in [9.17, 15) is 8.42 Å². The van der Waals surface area contributed by atoms with E-state index in [-0.39, 0.29) is 0 Å². The molecule has 82 valence electrons. The van der Waals surface area contributed by atoms with Crippen LogP contribution in [0.25, 0.3) is 0 Å². The molecule has 4 heteroatoms. The van der Waals surface area contributed by atoms with Gasteiger partial charge in [-0.2, -0.15) is 0 Å². The Morgan fingerprint density at radius 3 is 2.07 bits per heavy atom. The first-order valence-corrected chi connectivity index (χ1v) is 7.22. The molecule has 0 unspecified atom stereocenters. The highest BCUT2D eigenvalue weighted by Gasteiger charge is 2.59. The Morgan fingerprint density at radius 2 is 1.71 bits per heavy atom. The molecule has 0 aromatic rings. The lowest BCUT2D eigenvalue weighted by molar-refractivity contribution is 0.0870. The van der Waals surface area contributed by atoms with Crippen LogP contribution < -0.4 is 5.73 Å². The standard InChI is InChI=1S/C10H19NO2S/c1-14(12,13)10(8-11)6-9(7-10)4-2-3-5-9/h2-8,11H2,1H3. The molecule has 2 saturated carbocycles. The molecule has 14 heavy (non-hydrogen) atoms. The van der Waals surface area contributed by atoms with Crippen LogP contribution in [0.3, 0.4) is 0 Å². The van der Waals surface area contributed by atoms with Crippen LogP contribution in [0.15, 0.2) is 0 Å². The van der Waals surface area contributed by atoms with Crippen LogP contribution in [-0.4, -0.2) is 26.0 Å². The van der Waals surface area contributed by atoms with Gasteiger partial charge in [0, 0.05) is 12.8 Å². The van der Waals surface area contributed by atoms with E-state index in [1.165, 1.54) is 31.9 Å². The lowest BCUT2D eigenvalue weighted by Crippen LogP contribution is -2.59. The van der Waals surface area contributed by atoms with E-state index in [1.807, 2.05) is 0 Å². The van der Waals surface area contributed by atoms with Gasteiger partial charge >= 0.3 is 0 Å². The van der Waals surface area contributed by atoms with Crippen molar-refractivity contribution in [2.24, 2.45) is 11.1 Å². The smallest absolute Gasteiger partial charge is 0.154 e. The van der Waals surface area contributed by atoms with Gasteiger partial charge in [0.15, 0.2) is 9.84 Å². The predicted molar refractivity (Wildman–Crippen MR) is 56.8 cm³/mol. The molecule has 0 bridgehead atoms. The van der Waals surface area contributed by atoms with Gasteiger partial charge < -0.3 is 5.73 Å². The van der Waals surface area contributed by atoms with E-state index < -0.39 is 14.6 Å². The fourth-order valence-electron chi connectivity index (χ4n) is 3.35. The molecule has 2 fully saturated rings. The largest absolute Gasteiger partial charge is 0.329 e. The molecular weight excluding hydrogens is 198 g/mol. The van der Waals surface area contributed by atoms with Gasteiger partial charge in [-0.1, -0.05) is 12.8 Å². The second-order valence-electron chi connectivity index (χ2n) is 5.22. The van der Waals surface area contributed by atoms with Gasteiger partial charge in [0.1, 0.15) is 0 Å². The van der Waals surface area contributed by atoms with Gasteiger partial charge in [0.2, 0.25) is 0 Å². The van der Waals surface area contributed by atoms with Crippen LogP contribution in [0.4, 0.5) is 0 Å². The molecule has 3 nitrogen and oxygen atoms in total. The van der Waals surface area contributed by atoms with Crippen molar-refractivity contribution in [2.75, 3.05) is 12.8 Å². The molecule has 0 aromatic carbocycles. The summed E-state index contributed by atoms with van der Waals surface area (Å²) in [5.74, 6) is 0. The van der Waals surface area contributed by atoms with Crippen molar-refractivity contribution in [3.05, 3.63) is 0 Å². The number of hydrogen-bond acceptors (Lipinski definition) is 3. The van der Waals surface area contributed by atoms with E-state index in [0.29, 0.717) is 12.0 Å². The Hall–Kier alpha value is -0.0900. The van der Waals surface area contributed by atoms with Crippen molar-refractivity contribution < 1.29 is 8.42 Å². The van der Waals surface area contributed by atoms with E-state index >= 15 is 0 Å². The molecule has 0 amide bonds. The zero-order chi connectivity index (χ0) is 10.4. The monoisotopic (exact) mass is 217 g/mol. The Morgan fingerprint density at radius 1 is 1.21 bits per heavy atom. The average Bonchev–Trinajstić information content (AvgIpc) is 2.46. The molecule has 0 heterocycles. The lowest BCUT2D eigenvalue weighted by Gasteiger charge is -2.53. The highest BCUT2D eigenvalue weighted by molar-refractivity contribution is 7.92. The summed E-state index contributed by atoms with van der Waals surface area (Å²) in [6, 6.07) is 0. The third-order valence-electron chi connectivity index (χ3n) is 4.22. The van der Waals surface area contributed by atoms with Crippen LogP contribution in [0.5, 0.6) is 0 Å². The maximum atomic E-state index is 11.6. The molecule has 2 rings (SSSR count). The molecule has 0 saturated heterocycles. The Balaban J connectivity index is 2.15. The summed E-state index contributed by atoms with van der Waals surface area (Å²) in [7, 11) is -2.97. The molecule has 0 aromatic heterocycles. The molecule has 1 spiro atoms. The number of nitrogens with two attached hydrogens (primary N) is 1. The third kappa shape index (κ3) is 1.31. The lowest BCUT2D eigenvalue weighted by atomic mass is 9.60. The minimum absolute atomic E-state index is 0.299. The molecule has 2 aliphatic rings. The topological polar surface area (TPSA) is 60.2 Å². The second kappa shape index (κ2) is 2.95. The average molecular weight is 217 g/mol. The minimum atomic E-state index is -2.97. The molecule has 2 N–H and O–H groups in total. The summed E-state index contributed by atoms with van der Waals surface area (Å²) in [4.78, 5) is 0. The molecule has 0 atom stereocenters. The van der Waals surface area contributed by atoms with E-state index in [4.69, 9.17) is 5.73 Å². The van der Waals surface area contributed by atoms with Gasteiger partial charge in [0.25, 0.3) is 0 Å². The molecule has 0 radical (unpaired) electrons. The summed E-state index contributed by atoms with van der Waals surface area (Å²) in [6.07, 6.45) is 7.93. The van der Waals surface area contributed by atoms with Crippen LogP contribution >= 0.6 is 0 Å². The Kier molecular flexibility index (Phi) is 2.20. The first kappa shape index (κ1) is 10.4. The van der Waals surface area contributed by atoms with Gasteiger partial charge in [-0.25, -0.2) is 8.42 Å². The predicted octanol–water partition coefficient (Wildman–Crippen LogP) is 1.08. The maximum absolute atomic E-state index is 11.6. The van der Waals surface area contributed by atoms with Gasteiger partial charge in [0.05, 0.1) is 4.75 Å². The van der Waals surface area contributed by atoms with Crippen LogP contribution in [0.1, 0.15) is 38.5 Å². The first-order chi connectivity index (χ1) is 6.43. The van der Waals surface area contributed by atoms with Crippen molar-refractivity contribution in [3.8, 4) is 0 Å². The van der Waals surface area contributed by atoms with Crippen LogP contribution in [-0.2, 0) is 9.84 Å². The van der Waals surface area contributed by atoms with Crippen molar-refractivity contribution in [1.29, 1.82) is 0 Å². The van der Waals surface area contributed by atoms with E-state index in [1.54, 1.807) is 0 Å². The fourth-order valence-corrected chi connectivity index (χ4v) is 4.79. The van der Waals surface area contributed by atoms with Gasteiger partial charge in [-0.15, -0.1) is 0 Å². The zero-order valence-corrected chi connectivity index (χ0v) is 9.57. The van der Waals surface area contributed by atoms with E-state index in [0.717, 1.165) is 12.8 Å². The normalized spacial score (nSPS) is 29.0. The molecule has 2 aliphatic carbocycles. The summed E-state index contributed by atoms with van der Waals surface area (Å²) >= 11 is 0. The Bertz CT molecular complexity index is 320. The number of sulfone groups is 1. The SMILES string of the molecule is CS(=O)(=O)C1(CN)CC2(CCCC2)C1. The van der Waals surface area contributed by atoms with E-state index in [2.05, 4.69) is 0 Å². The summed E-state index contributed by atoms with van der Waals surface area (Å²) < 4.78 is 22.7. The zero-order valence-electron chi connectivity index (χ0n) is 8.75. The summed E-state index contributed by atoms with van der Waals surface area (Å²) in [5.41, 5.74) is 5.98. The quantitative estimate of drug-likeness (QED) is 0.753. The van der Waals surface area contributed by atoms with Crippen molar-refractivity contribution in [2.45, 2.75) is 43.3 Å². The van der Waals surface area contributed by atoms with Gasteiger partial charge in [-0.3, -0.25) is 0 Å².